The maximum atomic E-state index is 13.7. The van der Waals surface area contributed by atoms with Gasteiger partial charge in [0, 0.05) is 25.2 Å². The number of nitrogens with zero attached hydrogens (tertiary/aromatic N) is 2. The van der Waals surface area contributed by atoms with Crippen LogP contribution in [-0.2, 0) is 6.54 Å². The van der Waals surface area contributed by atoms with Gasteiger partial charge in [-0.3, -0.25) is 0 Å². The van der Waals surface area contributed by atoms with Crippen molar-refractivity contribution >= 4 is 5.96 Å². The van der Waals surface area contributed by atoms with E-state index in [9.17, 15) is 8.78 Å². The number of benzene rings is 1. The lowest BCUT2D eigenvalue weighted by molar-refractivity contribution is 0.287. The predicted molar refractivity (Wildman–Crippen MR) is 94.0 cm³/mol. The summed E-state index contributed by atoms with van der Waals surface area (Å²) in [7, 11) is 0. The molecule has 1 fully saturated rings. The molecule has 24 heavy (non-hydrogen) atoms. The summed E-state index contributed by atoms with van der Waals surface area (Å²) in [5.74, 6) is 0.254. The van der Waals surface area contributed by atoms with Crippen molar-refractivity contribution in [2.24, 2.45) is 10.9 Å². The van der Waals surface area contributed by atoms with Crippen LogP contribution in [0.5, 0.6) is 0 Å². The first-order valence-electron chi connectivity index (χ1n) is 8.77. The summed E-state index contributed by atoms with van der Waals surface area (Å²) in [5.41, 5.74) is 0.261. The van der Waals surface area contributed by atoms with Gasteiger partial charge < -0.3 is 15.5 Å². The molecule has 1 aromatic carbocycles. The second-order valence-electron chi connectivity index (χ2n) is 6.42. The number of hydrogen-bond donors (Lipinski definition) is 2. The monoisotopic (exact) mass is 338 g/mol. The predicted octanol–water partition coefficient (Wildman–Crippen LogP) is 2.75. The molecule has 2 rings (SSSR count). The Bertz CT molecular complexity index is 542. The lowest BCUT2D eigenvalue weighted by Gasteiger charge is -2.21. The summed E-state index contributed by atoms with van der Waals surface area (Å²) in [4.78, 5) is 6.85. The summed E-state index contributed by atoms with van der Waals surface area (Å²) >= 11 is 0. The molecular weight excluding hydrogens is 310 g/mol. The van der Waals surface area contributed by atoms with Crippen molar-refractivity contribution in [1.82, 2.24) is 15.5 Å². The standard InChI is InChI=1S/C18H28F2N4/c1-3-21-18(22-11-14(2)13-24-8-4-5-9-24)23-12-15-10-16(19)6-7-17(15)20/h6-7,10,14H,3-5,8-9,11-13H2,1-2H3,(H2,21,22,23). The van der Waals surface area contributed by atoms with Gasteiger partial charge in [0.05, 0.1) is 6.54 Å². The molecule has 1 aromatic rings. The minimum Gasteiger partial charge on any atom is -0.357 e. The number of guanidine groups is 1. The second kappa shape index (κ2) is 9.57. The van der Waals surface area contributed by atoms with E-state index in [0.29, 0.717) is 11.9 Å². The van der Waals surface area contributed by atoms with E-state index in [1.807, 2.05) is 6.92 Å². The number of likely N-dealkylation sites (tertiary alicyclic amines) is 1. The summed E-state index contributed by atoms with van der Waals surface area (Å²) in [6, 6.07) is 3.45. The van der Waals surface area contributed by atoms with Crippen LogP contribution in [-0.4, -0.2) is 43.6 Å². The molecule has 0 radical (unpaired) electrons. The van der Waals surface area contributed by atoms with Crippen molar-refractivity contribution in [3.8, 4) is 0 Å². The number of rotatable bonds is 7. The molecule has 0 amide bonds. The Balaban J connectivity index is 1.86. The zero-order chi connectivity index (χ0) is 17.4. The molecule has 0 saturated carbocycles. The van der Waals surface area contributed by atoms with E-state index < -0.39 is 11.6 Å². The van der Waals surface area contributed by atoms with Crippen LogP contribution in [0.1, 0.15) is 32.3 Å². The van der Waals surface area contributed by atoms with Gasteiger partial charge in [0.25, 0.3) is 0 Å². The number of aliphatic imine (C=N–C) groups is 1. The summed E-state index contributed by atoms with van der Waals surface area (Å²) in [5, 5.41) is 6.44. The third kappa shape index (κ3) is 6.07. The summed E-state index contributed by atoms with van der Waals surface area (Å²) in [6.07, 6.45) is 2.59. The normalized spacial score (nSPS) is 17.1. The lowest BCUT2D eigenvalue weighted by atomic mass is 10.1. The Labute approximate surface area is 143 Å². The van der Waals surface area contributed by atoms with E-state index in [4.69, 9.17) is 0 Å². The van der Waals surface area contributed by atoms with Gasteiger partial charge in [0.1, 0.15) is 11.6 Å². The molecule has 0 aromatic heterocycles. The Morgan fingerprint density at radius 3 is 2.71 bits per heavy atom. The molecule has 1 unspecified atom stereocenters. The van der Waals surface area contributed by atoms with Crippen molar-refractivity contribution in [1.29, 1.82) is 0 Å². The fraction of sp³-hybridized carbons (Fsp3) is 0.611. The first-order chi connectivity index (χ1) is 11.6. The van der Waals surface area contributed by atoms with Gasteiger partial charge in [-0.2, -0.15) is 0 Å². The van der Waals surface area contributed by atoms with Crippen molar-refractivity contribution in [2.45, 2.75) is 33.2 Å². The molecule has 0 aliphatic carbocycles. The van der Waals surface area contributed by atoms with Gasteiger partial charge in [0.15, 0.2) is 5.96 Å². The van der Waals surface area contributed by atoms with Crippen molar-refractivity contribution < 1.29 is 8.78 Å². The Hall–Kier alpha value is -1.69. The maximum Gasteiger partial charge on any atom is 0.191 e. The van der Waals surface area contributed by atoms with Crippen molar-refractivity contribution in [3.63, 3.8) is 0 Å². The Morgan fingerprint density at radius 1 is 1.25 bits per heavy atom. The average molecular weight is 338 g/mol. The van der Waals surface area contributed by atoms with Crippen LogP contribution in [0.4, 0.5) is 8.78 Å². The van der Waals surface area contributed by atoms with Gasteiger partial charge in [-0.15, -0.1) is 0 Å². The Kier molecular flexibility index (Phi) is 7.43. The summed E-state index contributed by atoms with van der Waals surface area (Å²) in [6.45, 7) is 9.28. The quantitative estimate of drug-likeness (QED) is 0.593. The van der Waals surface area contributed by atoms with Crippen LogP contribution in [0.15, 0.2) is 23.2 Å². The van der Waals surface area contributed by atoms with E-state index >= 15 is 0 Å². The van der Waals surface area contributed by atoms with Crippen LogP contribution in [0.25, 0.3) is 0 Å². The molecule has 4 nitrogen and oxygen atoms in total. The fourth-order valence-corrected chi connectivity index (χ4v) is 2.91. The minimum absolute atomic E-state index is 0.111. The summed E-state index contributed by atoms with van der Waals surface area (Å²) < 4.78 is 26.9. The molecule has 1 atom stereocenters. The molecule has 1 aliphatic heterocycles. The van der Waals surface area contributed by atoms with Crippen molar-refractivity contribution in [3.05, 3.63) is 35.4 Å². The Morgan fingerprint density at radius 2 is 2.00 bits per heavy atom. The van der Waals surface area contributed by atoms with E-state index in [0.717, 1.165) is 31.8 Å². The van der Waals surface area contributed by atoms with Gasteiger partial charge in [-0.1, -0.05) is 6.92 Å². The largest absolute Gasteiger partial charge is 0.357 e. The zero-order valence-electron chi connectivity index (χ0n) is 14.6. The number of hydrogen-bond acceptors (Lipinski definition) is 2. The van der Waals surface area contributed by atoms with Gasteiger partial charge in [0.2, 0.25) is 0 Å². The van der Waals surface area contributed by atoms with Crippen LogP contribution >= 0.6 is 0 Å². The minimum atomic E-state index is -0.446. The molecular formula is C18H28F2N4. The van der Waals surface area contributed by atoms with Gasteiger partial charge in [-0.25, -0.2) is 13.8 Å². The van der Waals surface area contributed by atoms with E-state index in [1.165, 1.54) is 32.0 Å². The van der Waals surface area contributed by atoms with Crippen molar-refractivity contribution in [2.75, 3.05) is 32.7 Å². The highest BCUT2D eigenvalue weighted by atomic mass is 19.1. The molecule has 1 saturated heterocycles. The third-order valence-corrected chi connectivity index (χ3v) is 4.15. The first kappa shape index (κ1) is 18.6. The van der Waals surface area contributed by atoms with E-state index in [2.05, 4.69) is 27.4 Å². The smallest absolute Gasteiger partial charge is 0.191 e. The zero-order valence-corrected chi connectivity index (χ0v) is 14.6. The molecule has 0 spiro atoms. The van der Waals surface area contributed by atoms with Gasteiger partial charge >= 0.3 is 0 Å². The topological polar surface area (TPSA) is 39.7 Å². The van der Waals surface area contributed by atoms with Gasteiger partial charge in [-0.05, 0) is 57.0 Å². The molecule has 0 bridgehead atoms. The van der Waals surface area contributed by atoms with Crippen LogP contribution in [0, 0.1) is 17.6 Å². The molecule has 134 valence electrons. The fourth-order valence-electron chi connectivity index (χ4n) is 2.91. The highest BCUT2D eigenvalue weighted by Crippen LogP contribution is 2.11. The van der Waals surface area contributed by atoms with E-state index in [-0.39, 0.29) is 12.1 Å². The first-order valence-corrected chi connectivity index (χ1v) is 8.77. The molecule has 6 heteroatoms. The van der Waals surface area contributed by atoms with Crippen LogP contribution in [0.2, 0.25) is 0 Å². The highest BCUT2D eigenvalue weighted by Gasteiger charge is 2.14. The van der Waals surface area contributed by atoms with Crippen LogP contribution in [0.3, 0.4) is 0 Å². The second-order valence-corrected chi connectivity index (χ2v) is 6.42. The number of halogens is 2. The highest BCUT2D eigenvalue weighted by molar-refractivity contribution is 5.79. The SMILES string of the molecule is CCNC(=NCc1cc(F)ccc1F)NCC(C)CN1CCCC1. The van der Waals surface area contributed by atoms with Crippen LogP contribution < -0.4 is 10.6 Å². The maximum absolute atomic E-state index is 13.7. The van der Waals surface area contributed by atoms with E-state index in [1.54, 1.807) is 0 Å². The molecule has 2 N–H and O–H groups in total. The number of nitrogens with one attached hydrogen (secondary N) is 2. The third-order valence-electron chi connectivity index (χ3n) is 4.15. The average Bonchev–Trinajstić information content (AvgIpc) is 3.06. The lowest BCUT2D eigenvalue weighted by Crippen LogP contribution is -2.41. The molecule has 1 heterocycles. The molecule has 1 aliphatic rings.